The Morgan fingerprint density at radius 3 is 2.25 bits per heavy atom. The van der Waals surface area contributed by atoms with E-state index in [0.29, 0.717) is 0 Å². The molecule has 10 nitrogen and oxygen atoms in total. The van der Waals surface area contributed by atoms with Crippen LogP contribution in [0, 0.1) is 0 Å². The molecule has 10 heteroatoms. The van der Waals surface area contributed by atoms with Gasteiger partial charge in [-0.2, -0.15) is 0 Å². The van der Waals surface area contributed by atoms with Gasteiger partial charge in [-0.05, 0) is 27.7 Å². The zero-order valence-corrected chi connectivity index (χ0v) is 14.0. The van der Waals surface area contributed by atoms with Gasteiger partial charge in [0.15, 0.2) is 12.3 Å². The van der Waals surface area contributed by atoms with E-state index in [1.807, 2.05) is 0 Å². The van der Waals surface area contributed by atoms with Crippen molar-refractivity contribution in [1.82, 2.24) is 5.32 Å². The van der Waals surface area contributed by atoms with Crippen molar-refractivity contribution >= 4 is 12.1 Å². The highest BCUT2D eigenvalue weighted by atomic mass is 16.7. The molecule has 0 unspecified atom stereocenters. The van der Waals surface area contributed by atoms with Crippen molar-refractivity contribution in [2.45, 2.75) is 70.0 Å². The van der Waals surface area contributed by atoms with Crippen LogP contribution in [0.3, 0.4) is 0 Å². The van der Waals surface area contributed by atoms with E-state index in [0.717, 1.165) is 0 Å². The summed E-state index contributed by atoms with van der Waals surface area (Å²) < 4.78 is 15.3. The van der Waals surface area contributed by atoms with Gasteiger partial charge in [0.25, 0.3) is 0 Å². The van der Waals surface area contributed by atoms with Crippen LogP contribution in [0.1, 0.15) is 27.7 Å². The smallest absolute Gasteiger partial charge is 0.408 e. The molecule has 0 aromatic heterocycles. The predicted molar refractivity (Wildman–Crippen MR) is 79.1 cm³/mol. The number of aliphatic carboxylic acids is 1. The summed E-state index contributed by atoms with van der Waals surface area (Å²) in [6, 6.07) is -1.45. The first kappa shape index (κ1) is 20.6. The van der Waals surface area contributed by atoms with Gasteiger partial charge in [0.05, 0.1) is 12.7 Å². The molecule has 1 rings (SSSR count). The Kier molecular flexibility index (Phi) is 6.93. The number of aliphatic hydroxyl groups excluding tert-OH is 3. The van der Waals surface area contributed by atoms with Crippen molar-refractivity contribution in [3.63, 3.8) is 0 Å². The van der Waals surface area contributed by atoms with Crippen LogP contribution in [-0.2, 0) is 19.0 Å². The Morgan fingerprint density at radius 2 is 1.75 bits per heavy atom. The molecule has 24 heavy (non-hydrogen) atoms. The van der Waals surface area contributed by atoms with Crippen molar-refractivity contribution in [2.24, 2.45) is 0 Å². The molecule has 0 spiro atoms. The minimum Gasteiger partial charge on any atom is -0.480 e. The number of carboxylic acids is 1. The molecule has 1 amide bonds. The summed E-state index contributed by atoms with van der Waals surface area (Å²) in [7, 11) is 0. The summed E-state index contributed by atoms with van der Waals surface area (Å²) in [6.07, 6.45) is -7.47. The standard InChI is InChI=1S/C14H25NO9/c1-6-8(16)9(17)10(18)12(23-6)22-5-7(11(19)20)15-13(21)24-14(2,3)4/h6-10,12,16-18H,5H2,1-4H3,(H,15,21)(H,19,20)/t6-,7+,8+,9+,10-,12-/m1/s1. The second-order valence-corrected chi connectivity index (χ2v) is 6.55. The van der Waals surface area contributed by atoms with Crippen LogP contribution in [-0.4, -0.2) is 81.4 Å². The number of carbonyl (C=O) groups excluding carboxylic acids is 1. The van der Waals surface area contributed by atoms with E-state index in [1.54, 1.807) is 20.8 Å². The lowest BCUT2D eigenvalue weighted by Crippen LogP contribution is -2.58. The third kappa shape index (κ3) is 5.87. The zero-order chi connectivity index (χ0) is 18.7. The summed E-state index contributed by atoms with van der Waals surface area (Å²) in [4.78, 5) is 22.8. The quantitative estimate of drug-likeness (QED) is 0.411. The molecule has 1 saturated heterocycles. The number of hydrogen-bond acceptors (Lipinski definition) is 8. The Labute approximate surface area is 139 Å². The lowest BCUT2D eigenvalue weighted by atomic mass is 10.00. The van der Waals surface area contributed by atoms with Crippen LogP contribution in [0.15, 0.2) is 0 Å². The average Bonchev–Trinajstić information content (AvgIpc) is 2.43. The lowest BCUT2D eigenvalue weighted by molar-refractivity contribution is -0.293. The van der Waals surface area contributed by atoms with Crippen molar-refractivity contribution in [3.8, 4) is 0 Å². The number of rotatable bonds is 5. The second-order valence-electron chi connectivity index (χ2n) is 6.55. The largest absolute Gasteiger partial charge is 0.480 e. The summed E-state index contributed by atoms with van der Waals surface area (Å²) >= 11 is 0. The van der Waals surface area contributed by atoms with Gasteiger partial charge in [0.2, 0.25) is 0 Å². The van der Waals surface area contributed by atoms with Crippen LogP contribution in [0.5, 0.6) is 0 Å². The van der Waals surface area contributed by atoms with E-state index in [2.05, 4.69) is 5.32 Å². The monoisotopic (exact) mass is 351 g/mol. The Balaban J connectivity index is 2.60. The van der Waals surface area contributed by atoms with Gasteiger partial charge in [-0.3, -0.25) is 0 Å². The van der Waals surface area contributed by atoms with Gasteiger partial charge in [-0.15, -0.1) is 0 Å². The molecule has 0 aliphatic carbocycles. The van der Waals surface area contributed by atoms with Crippen molar-refractivity contribution in [1.29, 1.82) is 0 Å². The number of amides is 1. The van der Waals surface area contributed by atoms with Crippen LogP contribution in [0.2, 0.25) is 0 Å². The van der Waals surface area contributed by atoms with E-state index in [9.17, 15) is 24.9 Å². The Bertz CT molecular complexity index is 450. The molecule has 0 bridgehead atoms. The minimum atomic E-state index is -1.56. The van der Waals surface area contributed by atoms with Crippen molar-refractivity contribution in [3.05, 3.63) is 0 Å². The highest BCUT2D eigenvalue weighted by Crippen LogP contribution is 2.21. The topological polar surface area (TPSA) is 155 Å². The Hall–Kier alpha value is -1.46. The fourth-order valence-corrected chi connectivity index (χ4v) is 1.97. The van der Waals surface area contributed by atoms with Crippen LogP contribution >= 0.6 is 0 Å². The molecule has 1 aliphatic heterocycles. The summed E-state index contributed by atoms with van der Waals surface area (Å²) in [5.74, 6) is -1.38. The van der Waals surface area contributed by atoms with Crippen LogP contribution in [0.4, 0.5) is 4.79 Å². The maximum absolute atomic E-state index is 11.6. The van der Waals surface area contributed by atoms with E-state index in [-0.39, 0.29) is 0 Å². The molecule has 5 N–H and O–H groups in total. The molecule has 0 aromatic carbocycles. The number of aliphatic hydroxyl groups is 3. The maximum Gasteiger partial charge on any atom is 0.408 e. The molecule has 140 valence electrons. The molecule has 0 radical (unpaired) electrons. The highest BCUT2D eigenvalue weighted by molar-refractivity contribution is 5.80. The predicted octanol–water partition coefficient (Wildman–Crippen LogP) is -1.19. The first-order chi connectivity index (χ1) is 10.9. The van der Waals surface area contributed by atoms with E-state index < -0.39 is 61.0 Å². The number of hydrogen-bond donors (Lipinski definition) is 5. The summed E-state index contributed by atoms with van der Waals surface area (Å²) in [6.45, 7) is 5.80. The van der Waals surface area contributed by atoms with Gasteiger partial charge in [0, 0.05) is 0 Å². The van der Waals surface area contributed by atoms with Crippen molar-refractivity contribution in [2.75, 3.05) is 6.61 Å². The molecular formula is C14H25NO9. The highest BCUT2D eigenvalue weighted by Gasteiger charge is 2.42. The van der Waals surface area contributed by atoms with Crippen LogP contribution in [0.25, 0.3) is 0 Å². The molecule has 1 fully saturated rings. The first-order valence-electron chi connectivity index (χ1n) is 7.46. The van der Waals surface area contributed by atoms with Gasteiger partial charge < -0.3 is 40.0 Å². The van der Waals surface area contributed by atoms with Crippen molar-refractivity contribution < 1.29 is 44.2 Å². The molecule has 0 aromatic rings. The number of carboxylic acid groups (broad SMARTS) is 1. The number of alkyl carbamates (subject to hydrolysis) is 1. The molecule has 0 saturated carbocycles. The third-order valence-corrected chi connectivity index (χ3v) is 3.22. The SMILES string of the molecule is C[C@H]1O[C@@H](OC[C@H](NC(=O)OC(C)(C)C)C(=O)O)[C@H](O)[C@@H](O)[C@H]1O. The van der Waals surface area contributed by atoms with Crippen LogP contribution < -0.4 is 5.32 Å². The van der Waals surface area contributed by atoms with E-state index in [1.165, 1.54) is 6.92 Å². The van der Waals surface area contributed by atoms with E-state index >= 15 is 0 Å². The zero-order valence-electron chi connectivity index (χ0n) is 14.0. The molecule has 6 atom stereocenters. The molecule has 1 heterocycles. The normalized spacial score (nSPS) is 32.0. The maximum atomic E-state index is 11.6. The number of ether oxygens (including phenoxy) is 3. The lowest BCUT2D eigenvalue weighted by Gasteiger charge is -2.39. The first-order valence-corrected chi connectivity index (χ1v) is 7.46. The van der Waals surface area contributed by atoms with E-state index in [4.69, 9.17) is 19.3 Å². The molecular weight excluding hydrogens is 326 g/mol. The van der Waals surface area contributed by atoms with Gasteiger partial charge >= 0.3 is 12.1 Å². The Morgan fingerprint density at radius 1 is 1.17 bits per heavy atom. The minimum absolute atomic E-state index is 0.536. The number of nitrogens with one attached hydrogen (secondary N) is 1. The van der Waals surface area contributed by atoms with Gasteiger partial charge in [-0.25, -0.2) is 9.59 Å². The fourth-order valence-electron chi connectivity index (χ4n) is 1.97. The third-order valence-electron chi connectivity index (χ3n) is 3.22. The fraction of sp³-hybridized carbons (Fsp3) is 0.857. The second kappa shape index (κ2) is 8.08. The average molecular weight is 351 g/mol. The molecule has 1 aliphatic rings. The number of carbonyl (C=O) groups is 2. The van der Waals surface area contributed by atoms with Gasteiger partial charge in [-0.1, -0.05) is 0 Å². The summed E-state index contributed by atoms with van der Waals surface area (Å²) in [5, 5.41) is 40.3. The summed E-state index contributed by atoms with van der Waals surface area (Å²) in [5.41, 5.74) is -0.799. The van der Waals surface area contributed by atoms with Gasteiger partial charge in [0.1, 0.15) is 23.9 Å².